The van der Waals surface area contributed by atoms with E-state index in [9.17, 15) is 4.79 Å². The Morgan fingerprint density at radius 1 is 0.889 bits per heavy atom. The smallest absolute Gasteiger partial charge is 0.261 e. The van der Waals surface area contributed by atoms with Crippen molar-refractivity contribution in [2.45, 2.75) is 89.4 Å². The minimum Gasteiger partial charge on any atom is -0.497 e. The number of rotatable bonds is 12. The molecule has 1 aliphatic heterocycles. The van der Waals surface area contributed by atoms with Gasteiger partial charge in [0.05, 0.1) is 20.3 Å². The number of methoxy groups -OCH3 is 2. The van der Waals surface area contributed by atoms with E-state index in [2.05, 4.69) is 91.7 Å². The van der Waals surface area contributed by atoms with Crippen molar-refractivity contribution in [3.05, 3.63) is 84.4 Å². The maximum atomic E-state index is 14.5. The number of ether oxygens (including phenoxy) is 2. The zero-order valence-corrected chi connectivity index (χ0v) is 28.9. The first-order valence-corrected chi connectivity index (χ1v) is 18.7. The van der Waals surface area contributed by atoms with Crippen molar-refractivity contribution in [3.63, 3.8) is 0 Å². The van der Waals surface area contributed by atoms with Crippen molar-refractivity contribution in [3.8, 4) is 11.5 Å². The summed E-state index contributed by atoms with van der Waals surface area (Å²) >= 11 is 0. The zero-order valence-electron chi connectivity index (χ0n) is 27.9. The molecule has 1 amide bonds. The van der Waals surface area contributed by atoms with Crippen LogP contribution in [0.3, 0.4) is 0 Å². The molecule has 3 aromatic carbocycles. The molecule has 3 atom stereocenters. The molecule has 5 rings (SSSR count). The maximum absolute atomic E-state index is 14.5. The monoisotopic (exact) mass is 628 g/mol. The Hall–Kier alpha value is -3.13. The van der Waals surface area contributed by atoms with Crippen LogP contribution in [0.25, 0.3) is 0 Å². The van der Waals surface area contributed by atoms with Crippen molar-refractivity contribution >= 4 is 24.6 Å². The van der Waals surface area contributed by atoms with Crippen LogP contribution in [-0.2, 0) is 15.8 Å². The maximum Gasteiger partial charge on any atom is 0.261 e. The molecule has 7 heteroatoms. The Bertz CT molecular complexity index is 1340. The van der Waals surface area contributed by atoms with Gasteiger partial charge in [-0.2, -0.15) is 0 Å². The lowest BCUT2D eigenvalue weighted by atomic mass is 9.78. The molecule has 0 spiro atoms. The number of nitrogens with zero attached hydrogens (tertiary/aromatic N) is 1. The molecule has 1 N–H and O–H groups in total. The van der Waals surface area contributed by atoms with Crippen LogP contribution in [-0.4, -0.2) is 58.6 Å². The molecular formula is C38H52N2O4Si. The molecule has 6 nitrogen and oxygen atoms in total. The van der Waals surface area contributed by atoms with Crippen molar-refractivity contribution < 1.29 is 18.7 Å². The van der Waals surface area contributed by atoms with Gasteiger partial charge >= 0.3 is 0 Å². The van der Waals surface area contributed by atoms with E-state index in [-0.39, 0.29) is 17.0 Å². The SMILES string of the molecule is COc1ccc(CNC(CCO[Si](c2ccccc2)(c2ccccc2)C(C)(C)C)C(=O)N2CCC[C@H]3CCCC[C@@H]32)c(OC)c1. The molecule has 1 aliphatic carbocycles. The highest BCUT2D eigenvalue weighted by atomic mass is 28.4. The molecule has 1 unspecified atom stereocenters. The summed E-state index contributed by atoms with van der Waals surface area (Å²) < 4.78 is 18.4. The molecule has 0 aromatic heterocycles. The van der Waals surface area contributed by atoms with E-state index in [1.54, 1.807) is 14.2 Å². The number of nitrogens with one attached hydrogen (secondary N) is 1. The summed E-state index contributed by atoms with van der Waals surface area (Å²) in [7, 11) is 0.616. The van der Waals surface area contributed by atoms with Gasteiger partial charge in [0.15, 0.2) is 0 Å². The second kappa shape index (κ2) is 15.0. The molecule has 2 fully saturated rings. The van der Waals surface area contributed by atoms with E-state index >= 15 is 0 Å². The molecule has 0 radical (unpaired) electrons. The largest absolute Gasteiger partial charge is 0.497 e. The Labute approximate surface area is 271 Å². The third kappa shape index (κ3) is 7.31. The molecule has 2 aliphatic rings. The highest BCUT2D eigenvalue weighted by Gasteiger charge is 2.50. The minimum atomic E-state index is -2.72. The van der Waals surface area contributed by atoms with E-state index < -0.39 is 8.32 Å². The fourth-order valence-electron chi connectivity index (χ4n) is 7.73. The van der Waals surface area contributed by atoms with Gasteiger partial charge in [-0.1, -0.05) is 100 Å². The Balaban J connectivity index is 1.42. The second-order valence-corrected chi connectivity index (χ2v) is 18.0. The summed E-state index contributed by atoms with van der Waals surface area (Å²) in [5.74, 6) is 2.35. The van der Waals surface area contributed by atoms with Gasteiger partial charge in [-0.15, -0.1) is 0 Å². The van der Waals surface area contributed by atoms with E-state index in [1.165, 1.54) is 36.1 Å². The molecular weight excluding hydrogens is 577 g/mol. The summed E-state index contributed by atoms with van der Waals surface area (Å²) in [6.07, 6.45) is 7.78. The van der Waals surface area contributed by atoms with Crippen LogP contribution in [0, 0.1) is 5.92 Å². The number of fused-ring (bicyclic) bond motifs is 1. The number of carbonyl (C=O) groups excluding carboxylic acids is 1. The van der Waals surface area contributed by atoms with Gasteiger partial charge in [0.2, 0.25) is 5.91 Å². The van der Waals surface area contributed by atoms with Crippen LogP contribution in [0.2, 0.25) is 5.04 Å². The first-order valence-electron chi connectivity index (χ1n) is 16.8. The van der Waals surface area contributed by atoms with Crippen LogP contribution < -0.4 is 25.2 Å². The third-order valence-corrected chi connectivity index (χ3v) is 15.0. The van der Waals surface area contributed by atoms with Crippen LogP contribution in [0.1, 0.15) is 71.3 Å². The molecule has 0 bridgehead atoms. The highest BCUT2D eigenvalue weighted by Crippen LogP contribution is 2.38. The second-order valence-electron chi connectivity index (χ2n) is 13.7. The van der Waals surface area contributed by atoms with E-state index in [0.29, 0.717) is 31.5 Å². The van der Waals surface area contributed by atoms with Gasteiger partial charge in [0, 0.05) is 37.4 Å². The molecule has 1 saturated carbocycles. The molecule has 1 heterocycles. The first kappa shape index (κ1) is 33.2. The third-order valence-electron chi connectivity index (χ3n) is 10.00. The van der Waals surface area contributed by atoms with Gasteiger partial charge in [0.1, 0.15) is 11.5 Å². The van der Waals surface area contributed by atoms with Crippen molar-refractivity contribution in [2.24, 2.45) is 5.92 Å². The Morgan fingerprint density at radius 3 is 2.16 bits per heavy atom. The van der Waals surface area contributed by atoms with Gasteiger partial charge in [-0.3, -0.25) is 4.79 Å². The normalized spacial score (nSPS) is 19.4. The Kier molecular flexibility index (Phi) is 11.1. The topological polar surface area (TPSA) is 60.0 Å². The summed E-state index contributed by atoms with van der Waals surface area (Å²) in [5.41, 5.74) is 0.998. The van der Waals surface area contributed by atoms with Crippen LogP contribution in [0.4, 0.5) is 0 Å². The number of hydrogen-bond donors (Lipinski definition) is 1. The van der Waals surface area contributed by atoms with Gasteiger partial charge in [0.25, 0.3) is 8.32 Å². The fourth-order valence-corrected chi connectivity index (χ4v) is 12.3. The van der Waals surface area contributed by atoms with Crippen molar-refractivity contribution in [1.82, 2.24) is 10.2 Å². The first-order chi connectivity index (χ1) is 21.8. The highest BCUT2D eigenvalue weighted by molar-refractivity contribution is 6.99. The summed E-state index contributed by atoms with van der Waals surface area (Å²) in [6.45, 7) is 8.75. The number of amides is 1. The summed E-state index contributed by atoms with van der Waals surface area (Å²) in [4.78, 5) is 16.7. The van der Waals surface area contributed by atoms with Crippen LogP contribution in [0.15, 0.2) is 78.9 Å². The summed E-state index contributed by atoms with van der Waals surface area (Å²) in [5, 5.41) is 6.05. The van der Waals surface area contributed by atoms with Crippen molar-refractivity contribution in [2.75, 3.05) is 27.4 Å². The van der Waals surface area contributed by atoms with Gasteiger partial charge in [-0.05, 0) is 59.5 Å². The van der Waals surface area contributed by atoms with Crippen molar-refractivity contribution in [1.29, 1.82) is 0 Å². The predicted octanol–water partition coefficient (Wildman–Crippen LogP) is 6.31. The zero-order chi connectivity index (χ0) is 31.9. The number of hydrogen-bond acceptors (Lipinski definition) is 5. The van der Waals surface area contributed by atoms with Gasteiger partial charge < -0.3 is 24.1 Å². The number of piperidine rings is 1. The molecule has 3 aromatic rings. The summed E-state index contributed by atoms with van der Waals surface area (Å²) in [6, 6.07) is 27.3. The standard InChI is InChI=1S/C38H52N2O4Si/c1-38(2,3)45(32-17-8-6-9-18-32,33-19-10-7-11-20-33)44-26-24-34(39-28-30-22-23-31(42-4)27-36(30)43-5)37(41)40-25-14-16-29-15-12-13-21-35(29)40/h6-11,17-20,22-23,27,29,34-35,39H,12-16,21,24-26,28H2,1-5H3/t29-,34?,35+/m1/s1. The average Bonchev–Trinajstić information content (AvgIpc) is 3.07. The quantitative estimate of drug-likeness (QED) is 0.238. The molecule has 45 heavy (non-hydrogen) atoms. The number of likely N-dealkylation sites (tertiary alicyclic amines) is 1. The fraction of sp³-hybridized carbons (Fsp3) is 0.500. The van der Waals surface area contributed by atoms with Crippen LogP contribution in [0.5, 0.6) is 11.5 Å². The lowest BCUT2D eigenvalue weighted by molar-refractivity contribution is -0.140. The lowest BCUT2D eigenvalue weighted by Gasteiger charge is -2.45. The van der Waals surface area contributed by atoms with E-state index in [0.717, 1.165) is 36.4 Å². The van der Waals surface area contributed by atoms with E-state index in [1.807, 2.05) is 18.2 Å². The van der Waals surface area contributed by atoms with E-state index in [4.69, 9.17) is 13.9 Å². The molecule has 242 valence electrons. The van der Waals surface area contributed by atoms with Gasteiger partial charge in [-0.25, -0.2) is 0 Å². The van der Waals surface area contributed by atoms with Crippen LogP contribution >= 0.6 is 0 Å². The average molecular weight is 629 g/mol. The Morgan fingerprint density at radius 2 is 1.53 bits per heavy atom. The number of benzene rings is 3. The number of carbonyl (C=O) groups is 1. The predicted molar refractivity (Wildman–Crippen MR) is 185 cm³/mol. The lowest BCUT2D eigenvalue weighted by Crippen LogP contribution is -2.66. The minimum absolute atomic E-state index is 0.124. The molecule has 1 saturated heterocycles.